The van der Waals surface area contributed by atoms with Gasteiger partial charge in [-0.2, -0.15) is 5.10 Å². The van der Waals surface area contributed by atoms with E-state index in [0.717, 1.165) is 25.1 Å². The van der Waals surface area contributed by atoms with Gasteiger partial charge >= 0.3 is 6.09 Å². The molecule has 0 aliphatic heterocycles. The van der Waals surface area contributed by atoms with Crippen LogP contribution in [0.2, 0.25) is 0 Å². The summed E-state index contributed by atoms with van der Waals surface area (Å²) in [5, 5.41) is 7.68. The fourth-order valence-corrected chi connectivity index (χ4v) is 2.09. The van der Waals surface area contributed by atoms with E-state index in [2.05, 4.69) is 37.4 Å². The molecule has 132 valence electrons. The molecule has 1 aromatic heterocycles. The van der Waals surface area contributed by atoms with Crippen LogP contribution < -0.4 is 5.32 Å². The van der Waals surface area contributed by atoms with Gasteiger partial charge in [-0.25, -0.2) is 4.79 Å². The van der Waals surface area contributed by atoms with Crippen LogP contribution in [0, 0.1) is 0 Å². The van der Waals surface area contributed by atoms with Crippen molar-refractivity contribution < 1.29 is 9.53 Å². The molecule has 6 nitrogen and oxygen atoms in total. The summed E-state index contributed by atoms with van der Waals surface area (Å²) in [5.74, 6) is 0. The van der Waals surface area contributed by atoms with Gasteiger partial charge in [0.15, 0.2) is 0 Å². The summed E-state index contributed by atoms with van der Waals surface area (Å²) in [7, 11) is 0. The first-order valence-corrected chi connectivity index (χ1v) is 8.44. The Hall–Kier alpha value is -1.56. The zero-order valence-electron chi connectivity index (χ0n) is 15.4. The van der Waals surface area contributed by atoms with Crippen LogP contribution in [0.25, 0.3) is 0 Å². The average Bonchev–Trinajstić information content (AvgIpc) is 2.89. The Kier molecular flexibility index (Phi) is 7.55. The van der Waals surface area contributed by atoms with Crippen molar-refractivity contribution in [1.29, 1.82) is 0 Å². The number of rotatable bonds is 8. The van der Waals surface area contributed by atoms with Crippen molar-refractivity contribution in [3.05, 3.63) is 18.0 Å². The molecule has 0 atom stereocenters. The molecule has 0 bridgehead atoms. The summed E-state index contributed by atoms with van der Waals surface area (Å²) in [6, 6.07) is 0.371. The third-order valence-corrected chi connectivity index (χ3v) is 3.22. The van der Waals surface area contributed by atoms with E-state index in [-0.39, 0.29) is 6.09 Å². The fraction of sp³-hybridized carbons (Fsp3) is 0.765. The van der Waals surface area contributed by atoms with Crippen molar-refractivity contribution >= 4 is 6.09 Å². The van der Waals surface area contributed by atoms with Crippen molar-refractivity contribution in [2.24, 2.45) is 0 Å². The third kappa shape index (κ3) is 7.50. The molecular formula is C17H32N4O2. The number of nitrogens with zero attached hydrogens (tertiary/aromatic N) is 3. The van der Waals surface area contributed by atoms with Gasteiger partial charge in [-0.05, 0) is 41.0 Å². The maximum absolute atomic E-state index is 12.2. The van der Waals surface area contributed by atoms with E-state index in [9.17, 15) is 4.79 Å². The molecule has 0 aromatic carbocycles. The lowest BCUT2D eigenvalue weighted by molar-refractivity contribution is 0.0252. The molecule has 1 N–H and O–H groups in total. The van der Waals surface area contributed by atoms with Gasteiger partial charge in [-0.15, -0.1) is 0 Å². The predicted octanol–water partition coefficient (Wildman–Crippen LogP) is 3.20. The molecule has 1 aromatic rings. The van der Waals surface area contributed by atoms with E-state index >= 15 is 0 Å². The molecular weight excluding hydrogens is 292 g/mol. The first kappa shape index (κ1) is 19.5. The monoisotopic (exact) mass is 324 g/mol. The first-order chi connectivity index (χ1) is 10.7. The maximum atomic E-state index is 12.2. The molecule has 0 saturated carbocycles. The summed E-state index contributed by atoms with van der Waals surface area (Å²) >= 11 is 0. The van der Waals surface area contributed by atoms with Crippen molar-refractivity contribution in [2.75, 3.05) is 19.6 Å². The number of aromatic nitrogens is 2. The Morgan fingerprint density at radius 1 is 1.39 bits per heavy atom. The van der Waals surface area contributed by atoms with Gasteiger partial charge in [0.2, 0.25) is 0 Å². The Labute approximate surface area is 140 Å². The highest BCUT2D eigenvalue weighted by Gasteiger charge is 2.21. The topological polar surface area (TPSA) is 59.4 Å². The lowest BCUT2D eigenvalue weighted by atomic mass is 10.2. The zero-order chi connectivity index (χ0) is 17.5. The number of ether oxygens (including phenoxy) is 1. The van der Waals surface area contributed by atoms with Crippen LogP contribution in [-0.4, -0.2) is 46.0 Å². The molecule has 0 unspecified atom stereocenters. The fourth-order valence-electron chi connectivity index (χ4n) is 2.09. The Morgan fingerprint density at radius 3 is 2.61 bits per heavy atom. The second kappa shape index (κ2) is 8.91. The second-order valence-corrected chi connectivity index (χ2v) is 7.07. The van der Waals surface area contributed by atoms with Gasteiger partial charge in [-0.3, -0.25) is 4.68 Å². The number of hydrogen-bond acceptors (Lipinski definition) is 4. The number of nitrogens with one attached hydrogen (secondary N) is 1. The molecule has 1 rings (SSSR count). The normalized spacial score (nSPS) is 11.8. The van der Waals surface area contributed by atoms with Crippen molar-refractivity contribution in [3.63, 3.8) is 0 Å². The minimum atomic E-state index is -0.456. The number of amides is 1. The highest BCUT2D eigenvalue weighted by Crippen LogP contribution is 2.10. The zero-order valence-corrected chi connectivity index (χ0v) is 15.4. The highest BCUT2D eigenvalue weighted by molar-refractivity contribution is 5.68. The second-order valence-electron chi connectivity index (χ2n) is 7.07. The van der Waals surface area contributed by atoms with Gasteiger partial charge in [0.05, 0.1) is 6.20 Å². The molecule has 0 spiro atoms. The van der Waals surface area contributed by atoms with Crippen LogP contribution >= 0.6 is 0 Å². The Morgan fingerprint density at radius 2 is 2.09 bits per heavy atom. The summed E-state index contributed by atoms with van der Waals surface area (Å²) < 4.78 is 7.39. The van der Waals surface area contributed by atoms with Gasteiger partial charge in [0, 0.05) is 44.0 Å². The lowest BCUT2D eigenvalue weighted by Gasteiger charge is -2.27. The van der Waals surface area contributed by atoms with E-state index in [1.165, 1.54) is 0 Å². The molecule has 0 saturated heterocycles. The molecule has 0 radical (unpaired) electrons. The minimum absolute atomic E-state index is 0.242. The van der Waals surface area contributed by atoms with Crippen LogP contribution in [-0.2, 0) is 11.3 Å². The highest BCUT2D eigenvalue weighted by atomic mass is 16.6. The summed E-state index contributed by atoms with van der Waals surface area (Å²) in [6.45, 7) is 14.8. The predicted molar refractivity (Wildman–Crippen MR) is 92.4 cm³/mol. The summed E-state index contributed by atoms with van der Waals surface area (Å²) in [5.41, 5.74) is 0.695. The van der Waals surface area contributed by atoms with E-state index in [4.69, 9.17) is 4.74 Å². The molecule has 0 fully saturated rings. The van der Waals surface area contributed by atoms with E-state index in [0.29, 0.717) is 19.1 Å². The van der Waals surface area contributed by atoms with Crippen LogP contribution in [0.5, 0.6) is 0 Å². The lowest BCUT2D eigenvalue weighted by Crippen LogP contribution is -2.40. The number of carbonyl (C=O) groups excluding carboxylic acids is 1. The maximum Gasteiger partial charge on any atom is 0.410 e. The van der Waals surface area contributed by atoms with Crippen LogP contribution in [0.4, 0.5) is 4.79 Å². The standard InChI is InChI=1S/C17H32N4O2/c1-7-9-20(16(22)23-17(4,5)6)10-8-18-11-15-12-19-21(13-15)14(2)3/h12-14,18H,7-11H2,1-6H3. The van der Waals surface area contributed by atoms with Crippen molar-refractivity contribution in [1.82, 2.24) is 20.0 Å². The molecule has 1 heterocycles. The van der Waals surface area contributed by atoms with Crippen LogP contribution in [0.15, 0.2) is 12.4 Å². The largest absolute Gasteiger partial charge is 0.444 e. The van der Waals surface area contributed by atoms with E-state index in [1.54, 1.807) is 4.90 Å². The average molecular weight is 324 g/mol. The molecule has 23 heavy (non-hydrogen) atoms. The SMILES string of the molecule is CCCN(CCNCc1cnn(C(C)C)c1)C(=O)OC(C)(C)C. The van der Waals surface area contributed by atoms with Crippen molar-refractivity contribution in [3.8, 4) is 0 Å². The molecule has 1 amide bonds. The first-order valence-electron chi connectivity index (χ1n) is 8.44. The molecule has 0 aliphatic rings. The third-order valence-electron chi connectivity index (χ3n) is 3.22. The summed E-state index contributed by atoms with van der Waals surface area (Å²) in [6.07, 6.45) is 4.61. The van der Waals surface area contributed by atoms with Crippen LogP contribution in [0.1, 0.15) is 59.6 Å². The minimum Gasteiger partial charge on any atom is -0.444 e. The number of hydrogen-bond donors (Lipinski definition) is 1. The summed E-state index contributed by atoms with van der Waals surface area (Å²) in [4.78, 5) is 13.9. The Balaban J connectivity index is 2.38. The van der Waals surface area contributed by atoms with Crippen LogP contribution in [0.3, 0.4) is 0 Å². The number of carbonyl (C=O) groups is 1. The quantitative estimate of drug-likeness (QED) is 0.746. The Bertz CT molecular complexity index is 477. The molecule has 6 heteroatoms. The van der Waals surface area contributed by atoms with Crippen molar-refractivity contribution in [2.45, 2.75) is 66.2 Å². The smallest absolute Gasteiger partial charge is 0.410 e. The van der Waals surface area contributed by atoms with E-state index < -0.39 is 5.60 Å². The van der Waals surface area contributed by atoms with Gasteiger partial charge in [0.25, 0.3) is 0 Å². The molecule has 0 aliphatic carbocycles. The van der Waals surface area contributed by atoms with Gasteiger partial charge in [-0.1, -0.05) is 6.92 Å². The van der Waals surface area contributed by atoms with Gasteiger partial charge < -0.3 is 15.0 Å². The van der Waals surface area contributed by atoms with Gasteiger partial charge in [0.1, 0.15) is 5.60 Å². The van der Waals surface area contributed by atoms with E-state index in [1.807, 2.05) is 31.6 Å².